The summed E-state index contributed by atoms with van der Waals surface area (Å²) in [6.07, 6.45) is 6.58. The first-order valence-corrected chi connectivity index (χ1v) is 12.3. The van der Waals surface area contributed by atoms with E-state index in [2.05, 4.69) is 20.5 Å². The number of nitrogens with two attached hydrogens (primary N) is 1. The summed E-state index contributed by atoms with van der Waals surface area (Å²) in [6, 6.07) is 3.43. The molecule has 34 heavy (non-hydrogen) atoms. The lowest BCUT2D eigenvalue weighted by molar-refractivity contribution is -0.116. The molecule has 3 N–H and O–H groups in total. The number of H-pyrrole nitrogens is 1. The molecule has 1 aliphatic rings. The van der Waals surface area contributed by atoms with Crippen molar-refractivity contribution in [1.82, 2.24) is 29.8 Å². The molecular weight excluding hydrogens is 460 g/mol. The number of carbonyl (C=O) groups is 1. The zero-order valence-corrected chi connectivity index (χ0v) is 19.8. The molecular formula is C21H28N8O4S. The summed E-state index contributed by atoms with van der Waals surface area (Å²) in [6.45, 7) is 2.70. The minimum absolute atomic E-state index is 0.00198. The summed E-state index contributed by atoms with van der Waals surface area (Å²) >= 11 is 1.17. The Bertz CT molecular complexity index is 1230. The van der Waals surface area contributed by atoms with Gasteiger partial charge < -0.3 is 15.1 Å². The number of furan rings is 1. The standard InChI is InChI=1S/C21H28N8O4S/c1-2-3-10-27-18(22)17(19(31)23-20(27)32)29(14-7-4-5-8-14)16(30)13-34-21-24-25-26-28(21)12-15-9-6-11-33-15/h6,9,11,14H,2-5,7-8,10,12-13,22H2,1H3,(H,23,31,32). The van der Waals surface area contributed by atoms with E-state index in [-0.39, 0.29) is 29.2 Å². The molecule has 0 aliphatic heterocycles. The summed E-state index contributed by atoms with van der Waals surface area (Å²) in [7, 11) is 0. The van der Waals surface area contributed by atoms with Gasteiger partial charge in [0.1, 0.15) is 18.1 Å². The average molecular weight is 489 g/mol. The lowest BCUT2D eigenvalue weighted by Gasteiger charge is -2.29. The number of carbonyl (C=O) groups excluding carboxylic acids is 1. The van der Waals surface area contributed by atoms with Crippen LogP contribution in [0.5, 0.6) is 0 Å². The third kappa shape index (κ3) is 5.08. The van der Waals surface area contributed by atoms with Crippen LogP contribution >= 0.6 is 11.8 Å². The number of amides is 1. The number of nitrogen functional groups attached to an aromatic ring is 1. The van der Waals surface area contributed by atoms with E-state index in [0.29, 0.717) is 24.0 Å². The Balaban J connectivity index is 1.60. The number of rotatable bonds is 10. The minimum Gasteiger partial charge on any atom is -0.467 e. The molecule has 3 heterocycles. The van der Waals surface area contributed by atoms with Crippen LogP contribution in [0.2, 0.25) is 0 Å². The van der Waals surface area contributed by atoms with Crippen LogP contribution in [0.25, 0.3) is 0 Å². The summed E-state index contributed by atoms with van der Waals surface area (Å²) in [5.41, 5.74) is 5.15. The zero-order valence-electron chi connectivity index (χ0n) is 19.0. The lowest BCUT2D eigenvalue weighted by Crippen LogP contribution is -2.46. The Hall–Kier alpha value is -3.35. The molecule has 12 nitrogen and oxygen atoms in total. The van der Waals surface area contributed by atoms with Crippen molar-refractivity contribution in [2.24, 2.45) is 0 Å². The Morgan fingerprint density at radius 1 is 1.35 bits per heavy atom. The number of tetrazole rings is 1. The van der Waals surface area contributed by atoms with Crippen molar-refractivity contribution < 1.29 is 9.21 Å². The Kier molecular flexibility index (Phi) is 7.50. The average Bonchev–Trinajstić information content (AvgIpc) is 3.58. The van der Waals surface area contributed by atoms with Crippen LogP contribution in [0.4, 0.5) is 11.5 Å². The van der Waals surface area contributed by atoms with Crippen LogP contribution < -0.4 is 21.9 Å². The molecule has 0 atom stereocenters. The molecule has 0 aromatic carbocycles. The van der Waals surface area contributed by atoms with Gasteiger partial charge in [0.25, 0.3) is 5.56 Å². The van der Waals surface area contributed by atoms with Crippen molar-refractivity contribution in [1.29, 1.82) is 0 Å². The fraction of sp³-hybridized carbons (Fsp3) is 0.524. The number of thioether (sulfide) groups is 1. The lowest BCUT2D eigenvalue weighted by atomic mass is 10.2. The highest BCUT2D eigenvalue weighted by molar-refractivity contribution is 7.99. The first-order valence-electron chi connectivity index (χ1n) is 11.4. The number of nitrogens with zero attached hydrogens (tertiary/aromatic N) is 6. The predicted octanol–water partition coefficient (Wildman–Crippen LogP) is 1.61. The smallest absolute Gasteiger partial charge is 0.330 e. The van der Waals surface area contributed by atoms with Gasteiger partial charge in [-0.25, -0.2) is 9.48 Å². The van der Waals surface area contributed by atoms with Gasteiger partial charge in [0.15, 0.2) is 5.69 Å². The first-order chi connectivity index (χ1) is 16.5. The maximum Gasteiger partial charge on any atom is 0.330 e. The molecule has 1 amide bonds. The Morgan fingerprint density at radius 3 is 2.85 bits per heavy atom. The maximum atomic E-state index is 13.5. The molecule has 0 unspecified atom stereocenters. The highest BCUT2D eigenvalue weighted by atomic mass is 32.2. The van der Waals surface area contributed by atoms with Crippen LogP contribution in [0.3, 0.4) is 0 Å². The third-order valence-electron chi connectivity index (χ3n) is 5.86. The number of hydrogen-bond acceptors (Lipinski definition) is 9. The molecule has 1 aliphatic carbocycles. The molecule has 0 bridgehead atoms. The van der Waals surface area contributed by atoms with E-state index in [1.54, 1.807) is 17.0 Å². The normalized spacial score (nSPS) is 14.0. The molecule has 13 heteroatoms. The summed E-state index contributed by atoms with van der Waals surface area (Å²) in [5, 5.41) is 12.1. The number of nitrogens with one attached hydrogen (secondary N) is 1. The summed E-state index contributed by atoms with van der Waals surface area (Å²) < 4.78 is 8.23. The molecule has 0 spiro atoms. The van der Waals surface area contributed by atoms with Crippen LogP contribution in [0.15, 0.2) is 37.6 Å². The van der Waals surface area contributed by atoms with Gasteiger partial charge in [-0.05, 0) is 41.8 Å². The fourth-order valence-corrected chi connectivity index (χ4v) is 4.90. The highest BCUT2D eigenvalue weighted by Crippen LogP contribution is 2.30. The van der Waals surface area contributed by atoms with Crippen molar-refractivity contribution >= 4 is 29.2 Å². The van der Waals surface area contributed by atoms with E-state index >= 15 is 0 Å². The molecule has 0 radical (unpaired) electrons. The predicted molar refractivity (Wildman–Crippen MR) is 127 cm³/mol. The topological polar surface area (TPSA) is 158 Å². The Labute approximate surface area is 199 Å². The van der Waals surface area contributed by atoms with Crippen molar-refractivity contribution in [2.75, 3.05) is 16.4 Å². The molecule has 1 saturated carbocycles. The van der Waals surface area contributed by atoms with E-state index in [1.807, 2.05) is 13.0 Å². The van der Waals surface area contributed by atoms with Crippen molar-refractivity contribution in [2.45, 2.75) is 69.7 Å². The number of unbranched alkanes of at least 4 members (excludes halogenated alkanes) is 1. The quantitative estimate of drug-likeness (QED) is 0.404. The van der Waals surface area contributed by atoms with Crippen molar-refractivity contribution in [3.8, 4) is 0 Å². The second-order valence-corrected chi connectivity index (χ2v) is 9.13. The molecule has 3 aromatic heterocycles. The van der Waals surface area contributed by atoms with E-state index in [1.165, 1.54) is 21.2 Å². The molecule has 4 rings (SSSR count). The number of anilines is 2. The van der Waals surface area contributed by atoms with Gasteiger partial charge in [-0.15, -0.1) is 5.10 Å². The van der Waals surface area contributed by atoms with Gasteiger partial charge in [0.05, 0.1) is 12.0 Å². The second kappa shape index (κ2) is 10.7. The first kappa shape index (κ1) is 23.8. The zero-order chi connectivity index (χ0) is 24.1. The Morgan fingerprint density at radius 2 is 2.15 bits per heavy atom. The van der Waals surface area contributed by atoms with Crippen LogP contribution in [0.1, 0.15) is 51.2 Å². The van der Waals surface area contributed by atoms with E-state index in [9.17, 15) is 14.4 Å². The van der Waals surface area contributed by atoms with E-state index in [4.69, 9.17) is 10.2 Å². The van der Waals surface area contributed by atoms with E-state index < -0.39 is 11.2 Å². The molecule has 3 aromatic rings. The summed E-state index contributed by atoms with van der Waals surface area (Å²) in [4.78, 5) is 42.5. The summed E-state index contributed by atoms with van der Waals surface area (Å²) in [5.74, 6) is 0.418. The van der Waals surface area contributed by atoms with Gasteiger partial charge in [-0.2, -0.15) is 0 Å². The second-order valence-electron chi connectivity index (χ2n) is 8.19. The minimum atomic E-state index is -0.650. The SMILES string of the molecule is CCCCn1c(N)c(N(C(=O)CSc2nnnn2Cc2ccco2)C2CCCC2)c(=O)[nH]c1=O. The van der Waals surface area contributed by atoms with Crippen molar-refractivity contribution in [3.63, 3.8) is 0 Å². The largest absolute Gasteiger partial charge is 0.467 e. The highest BCUT2D eigenvalue weighted by Gasteiger charge is 2.32. The maximum absolute atomic E-state index is 13.5. The molecule has 182 valence electrons. The molecule has 0 saturated heterocycles. The third-order valence-corrected chi connectivity index (χ3v) is 6.80. The van der Waals surface area contributed by atoms with Crippen LogP contribution in [0, 0.1) is 0 Å². The number of aromatic amines is 1. The van der Waals surface area contributed by atoms with Crippen molar-refractivity contribution in [3.05, 3.63) is 45.0 Å². The monoisotopic (exact) mass is 488 g/mol. The van der Waals surface area contributed by atoms with E-state index in [0.717, 1.165) is 38.5 Å². The van der Waals surface area contributed by atoms with Gasteiger partial charge in [0, 0.05) is 12.6 Å². The fourth-order valence-electron chi connectivity index (χ4n) is 4.17. The van der Waals surface area contributed by atoms with Gasteiger partial charge in [-0.1, -0.05) is 37.9 Å². The van der Waals surface area contributed by atoms with Gasteiger partial charge in [-0.3, -0.25) is 19.1 Å². The van der Waals surface area contributed by atoms with Gasteiger partial charge >= 0.3 is 5.69 Å². The molecule has 1 fully saturated rings. The van der Waals surface area contributed by atoms with Crippen LogP contribution in [-0.2, 0) is 17.9 Å². The van der Waals surface area contributed by atoms with Crippen LogP contribution in [-0.4, -0.2) is 47.5 Å². The number of aromatic nitrogens is 6. The van der Waals surface area contributed by atoms with Gasteiger partial charge in [0.2, 0.25) is 11.1 Å². The number of hydrogen-bond donors (Lipinski definition) is 2.